The first-order valence-corrected chi connectivity index (χ1v) is 6.69. The number of amides is 1. The van der Waals surface area contributed by atoms with Gasteiger partial charge in [0.2, 0.25) is 5.91 Å². The van der Waals surface area contributed by atoms with Gasteiger partial charge in [0.05, 0.1) is 13.0 Å². The lowest BCUT2D eigenvalue weighted by molar-refractivity contribution is -0.145. The standard InChI is InChI=1S/C13H22N2O3/c1-9(13(17)18-2)7-15-6-5-11-10(8-15)3-4-12(16)14-11/h9-11H,3-8H2,1-2H3,(H,14,16). The van der Waals surface area contributed by atoms with Gasteiger partial charge in [-0.05, 0) is 18.8 Å². The van der Waals surface area contributed by atoms with Crippen LogP contribution in [0.5, 0.6) is 0 Å². The average Bonchev–Trinajstić information content (AvgIpc) is 2.38. The smallest absolute Gasteiger partial charge is 0.309 e. The number of piperidine rings is 2. The summed E-state index contributed by atoms with van der Waals surface area (Å²) in [7, 11) is 1.43. The van der Waals surface area contributed by atoms with Crippen LogP contribution in [0.15, 0.2) is 0 Å². The summed E-state index contributed by atoms with van der Waals surface area (Å²) < 4.78 is 4.75. The predicted octanol–water partition coefficient (Wildman–Crippen LogP) is 0.396. The molecule has 2 aliphatic rings. The molecule has 0 radical (unpaired) electrons. The highest BCUT2D eigenvalue weighted by atomic mass is 16.5. The normalized spacial score (nSPS) is 30.2. The first kappa shape index (κ1) is 13.3. The molecule has 2 fully saturated rings. The van der Waals surface area contributed by atoms with Gasteiger partial charge in [-0.15, -0.1) is 0 Å². The van der Waals surface area contributed by atoms with Crippen molar-refractivity contribution in [1.82, 2.24) is 10.2 Å². The fourth-order valence-electron chi connectivity index (χ4n) is 3.01. The van der Waals surface area contributed by atoms with Gasteiger partial charge in [0.1, 0.15) is 0 Å². The zero-order valence-electron chi connectivity index (χ0n) is 11.1. The van der Waals surface area contributed by atoms with Crippen molar-refractivity contribution in [2.45, 2.75) is 32.2 Å². The molecule has 102 valence electrons. The number of fused-ring (bicyclic) bond motifs is 1. The number of likely N-dealkylation sites (tertiary alicyclic amines) is 1. The summed E-state index contributed by atoms with van der Waals surface area (Å²) in [5.74, 6) is 0.507. The van der Waals surface area contributed by atoms with E-state index in [0.29, 0.717) is 18.4 Å². The third-order valence-electron chi connectivity index (χ3n) is 4.04. The summed E-state index contributed by atoms with van der Waals surface area (Å²) in [6.07, 6.45) is 2.60. The van der Waals surface area contributed by atoms with Crippen molar-refractivity contribution in [1.29, 1.82) is 0 Å². The van der Waals surface area contributed by atoms with Crippen LogP contribution < -0.4 is 5.32 Å². The molecule has 3 atom stereocenters. The van der Waals surface area contributed by atoms with Gasteiger partial charge in [0.15, 0.2) is 0 Å². The molecule has 18 heavy (non-hydrogen) atoms. The van der Waals surface area contributed by atoms with Gasteiger partial charge >= 0.3 is 5.97 Å². The molecule has 2 rings (SSSR count). The van der Waals surface area contributed by atoms with Crippen LogP contribution in [0.3, 0.4) is 0 Å². The van der Waals surface area contributed by atoms with E-state index >= 15 is 0 Å². The molecule has 0 aromatic rings. The fourth-order valence-corrected chi connectivity index (χ4v) is 3.01. The van der Waals surface area contributed by atoms with Crippen LogP contribution in [0.4, 0.5) is 0 Å². The van der Waals surface area contributed by atoms with E-state index in [1.54, 1.807) is 0 Å². The van der Waals surface area contributed by atoms with Crippen molar-refractivity contribution in [3.05, 3.63) is 0 Å². The van der Waals surface area contributed by atoms with E-state index in [1.807, 2.05) is 6.92 Å². The Labute approximate surface area is 108 Å². The minimum absolute atomic E-state index is 0.0790. The SMILES string of the molecule is COC(=O)C(C)CN1CCC2NC(=O)CCC2C1. The third kappa shape index (κ3) is 3.02. The first-order valence-electron chi connectivity index (χ1n) is 6.69. The number of carbonyl (C=O) groups is 2. The molecular formula is C13H22N2O3. The highest BCUT2D eigenvalue weighted by Crippen LogP contribution is 2.25. The van der Waals surface area contributed by atoms with E-state index in [9.17, 15) is 9.59 Å². The highest BCUT2D eigenvalue weighted by molar-refractivity contribution is 5.77. The van der Waals surface area contributed by atoms with Crippen molar-refractivity contribution in [2.24, 2.45) is 11.8 Å². The second-order valence-electron chi connectivity index (χ2n) is 5.45. The van der Waals surface area contributed by atoms with E-state index in [2.05, 4.69) is 10.2 Å². The van der Waals surface area contributed by atoms with E-state index < -0.39 is 0 Å². The van der Waals surface area contributed by atoms with Gasteiger partial charge < -0.3 is 15.0 Å². The molecule has 5 heteroatoms. The average molecular weight is 254 g/mol. The molecular weight excluding hydrogens is 232 g/mol. The molecule has 1 amide bonds. The number of carbonyl (C=O) groups excluding carboxylic acids is 2. The molecule has 2 heterocycles. The lowest BCUT2D eigenvalue weighted by Gasteiger charge is -2.41. The molecule has 0 aromatic heterocycles. The van der Waals surface area contributed by atoms with E-state index in [1.165, 1.54) is 7.11 Å². The van der Waals surface area contributed by atoms with E-state index in [4.69, 9.17) is 4.74 Å². The maximum absolute atomic E-state index is 11.4. The Morgan fingerprint density at radius 2 is 2.33 bits per heavy atom. The summed E-state index contributed by atoms with van der Waals surface area (Å²) >= 11 is 0. The summed E-state index contributed by atoms with van der Waals surface area (Å²) in [6.45, 7) is 4.58. The summed E-state index contributed by atoms with van der Waals surface area (Å²) in [5, 5.41) is 3.07. The second-order valence-corrected chi connectivity index (χ2v) is 5.45. The van der Waals surface area contributed by atoms with Crippen molar-refractivity contribution in [3.8, 4) is 0 Å². The number of hydrogen-bond donors (Lipinski definition) is 1. The van der Waals surface area contributed by atoms with Crippen molar-refractivity contribution >= 4 is 11.9 Å². The zero-order valence-corrected chi connectivity index (χ0v) is 11.1. The number of hydrogen-bond acceptors (Lipinski definition) is 4. The van der Waals surface area contributed by atoms with Crippen molar-refractivity contribution in [2.75, 3.05) is 26.7 Å². The van der Waals surface area contributed by atoms with Crippen molar-refractivity contribution < 1.29 is 14.3 Å². The van der Waals surface area contributed by atoms with Gasteiger partial charge in [-0.2, -0.15) is 0 Å². The first-order chi connectivity index (χ1) is 8.60. The van der Waals surface area contributed by atoms with Crippen LogP contribution in [0.2, 0.25) is 0 Å². The minimum Gasteiger partial charge on any atom is -0.469 e. The predicted molar refractivity (Wildman–Crippen MR) is 66.9 cm³/mol. The van der Waals surface area contributed by atoms with Crippen LogP contribution in [0.25, 0.3) is 0 Å². The molecule has 1 N–H and O–H groups in total. The van der Waals surface area contributed by atoms with Crippen molar-refractivity contribution in [3.63, 3.8) is 0 Å². The zero-order chi connectivity index (χ0) is 13.1. The van der Waals surface area contributed by atoms with E-state index in [0.717, 1.165) is 32.5 Å². The number of methoxy groups -OCH3 is 1. The lowest BCUT2D eigenvalue weighted by Crippen LogP contribution is -2.54. The molecule has 0 saturated carbocycles. The highest BCUT2D eigenvalue weighted by Gasteiger charge is 2.34. The molecule has 5 nitrogen and oxygen atoms in total. The number of nitrogens with zero attached hydrogens (tertiary/aromatic N) is 1. The molecule has 0 bridgehead atoms. The number of esters is 1. The summed E-state index contributed by atoms with van der Waals surface area (Å²) in [5.41, 5.74) is 0. The Morgan fingerprint density at radius 3 is 3.06 bits per heavy atom. The second kappa shape index (κ2) is 5.69. The van der Waals surface area contributed by atoms with Gasteiger partial charge in [-0.1, -0.05) is 6.92 Å². The molecule has 0 spiro atoms. The minimum atomic E-state index is -0.144. The molecule has 2 saturated heterocycles. The Hall–Kier alpha value is -1.10. The molecule has 0 aromatic carbocycles. The lowest BCUT2D eigenvalue weighted by atomic mass is 9.85. The van der Waals surface area contributed by atoms with Gasteiger partial charge in [-0.3, -0.25) is 9.59 Å². The largest absolute Gasteiger partial charge is 0.469 e. The monoisotopic (exact) mass is 254 g/mol. The maximum Gasteiger partial charge on any atom is 0.309 e. The van der Waals surface area contributed by atoms with Gasteiger partial charge in [-0.25, -0.2) is 0 Å². The number of nitrogens with one attached hydrogen (secondary N) is 1. The molecule has 0 aliphatic carbocycles. The van der Waals surface area contributed by atoms with E-state index in [-0.39, 0.29) is 17.8 Å². The quantitative estimate of drug-likeness (QED) is 0.741. The third-order valence-corrected chi connectivity index (χ3v) is 4.04. The van der Waals surface area contributed by atoms with Crippen LogP contribution in [0, 0.1) is 11.8 Å². The molecule has 2 aliphatic heterocycles. The van der Waals surface area contributed by atoms with Crippen LogP contribution in [-0.4, -0.2) is 49.6 Å². The van der Waals surface area contributed by atoms with Crippen LogP contribution in [-0.2, 0) is 14.3 Å². The summed E-state index contributed by atoms with van der Waals surface area (Å²) in [6, 6.07) is 0.343. The number of rotatable bonds is 3. The van der Waals surface area contributed by atoms with Crippen LogP contribution >= 0.6 is 0 Å². The number of ether oxygens (including phenoxy) is 1. The topological polar surface area (TPSA) is 58.6 Å². The molecule has 3 unspecified atom stereocenters. The Bertz CT molecular complexity index is 332. The summed E-state index contributed by atoms with van der Waals surface area (Å²) in [4.78, 5) is 25.0. The maximum atomic E-state index is 11.4. The Morgan fingerprint density at radius 1 is 1.56 bits per heavy atom. The Kier molecular flexibility index (Phi) is 4.22. The fraction of sp³-hybridized carbons (Fsp3) is 0.846. The Balaban J connectivity index is 1.84. The van der Waals surface area contributed by atoms with Crippen LogP contribution in [0.1, 0.15) is 26.2 Å². The van der Waals surface area contributed by atoms with Gasteiger partial charge in [0, 0.05) is 32.1 Å². The van der Waals surface area contributed by atoms with Gasteiger partial charge in [0.25, 0.3) is 0 Å².